The van der Waals surface area contributed by atoms with Crippen LogP contribution < -0.4 is 0 Å². The minimum absolute atomic E-state index is 0.0298. The van der Waals surface area contributed by atoms with Gasteiger partial charge in [-0.2, -0.15) is 0 Å². The van der Waals surface area contributed by atoms with Gasteiger partial charge in [0.15, 0.2) is 11.6 Å². The largest absolute Gasteiger partial charge is 0.507 e. The third-order valence-electron chi connectivity index (χ3n) is 6.04. The van der Waals surface area contributed by atoms with Crippen molar-refractivity contribution in [2.45, 2.75) is 37.4 Å². The quantitative estimate of drug-likeness (QED) is 0.567. The van der Waals surface area contributed by atoms with E-state index in [0.717, 1.165) is 0 Å². The van der Waals surface area contributed by atoms with E-state index >= 15 is 0 Å². The maximum Gasteiger partial charge on any atom is 0.316 e. The van der Waals surface area contributed by atoms with Crippen molar-refractivity contribution in [1.29, 1.82) is 0 Å². The number of carbonyl (C=O) groups excluding carboxylic acids is 3. The van der Waals surface area contributed by atoms with Crippen LogP contribution >= 0.6 is 0 Å². The number of esters is 1. The number of phenolic OH excluding ortho intramolecular Hbond substituents is 1. The van der Waals surface area contributed by atoms with Crippen LogP contribution in [0.1, 0.15) is 74.8 Å². The van der Waals surface area contributed by atoms with Crippen molar-refractivity contribution in [3.63, 3.8) is 0 Å². The Balaban J connectivity index is 2.03. The molecule has 2 aliphatic rings. The maximum atomic E-state index is 13.0. The van der Waals surface area contributed by atoms with Crippen LogP contribution in [-0.2, 0) is 9.53 Å². The molecule has 0 bridgehead atoms. The number of hydrogen-bond acceptors (Lipinski definition) is 7. The highest BCUT2D eigenvalue weighted by molar-refractivity contribution is 6.29. The lowest BCUT2D eigenvalue weighted by Crippen LogP contribution is -2.46. The van der Waals surface area contributed by atoms with Gasteiger partial charge in [-0.3, -0.25) is 14.4 Å². The third-order valence-corrected chi connectivity index (χ3v) is 6.04. The number of rotatable bonds is 2. The van der Waals surface area contributed by atoms with Gasteiger partial charge in [0.05, 0.1) is 24.4 Å². The van der Waals surface area contributed by atoms with Gasteiger partial charge in [-0.1, -0.05) is 31.2 Å². The molecule has 2 aromatic carbocycles. The Kier molecular flexibility index (Phi) is 4.33. The number of aromatic hydroxyl groups is 1. The van der Waals surface area contributed by atoms with Gasteiger partial charge < -0.3 is 20.1 Å². The smallest absolute Gasteiger partial charge is 0.316 e. The highest BCUT2D eigenvalue weighted by Crippen LogP contribution is 2.51. The second-order valence-corrected chi connectivity index (χ2v) is 7.49. The number of ketones is 2. The van der Waals surface area contributed by atoms with Crippen LogP contribution in [0.3, 0.4) is 0 Å². The minimum atomic E-state index is -1.63. The molecule has 2 aromatic rings. The van der Waals surface area contributed by atoms with Crippen LogP contribution in [0.15, 0.2) is 30.3 Å². The summed E-state index contributed by atoms with van der Waals surface area (Å²) in [5.41, 5.74) is -1.46. The van der Waals surface area contributed by atoms with Crippen molar-refractivity contribution in [3.05, 3.63) is 63.7 Å². The van der Waals surface area contributed by atoms with E-state index in [1.54, 1.807) is 19.1 Å². The Labute approximate surface area is 166 Å². The Hall–Kier alpha value is -3.03. The zero-order valence-electron chi connectivity index (χ0n) is 15.9. The van der Waals surface area contributed by atoms with Crippen LogP contribution in [0.2, 0.25) is 0 Å². The predicted molar refractivity (Wildman–Crippen MR) is 101 cm³/mol. The standard InChI is InChI=1S/C22H20O7/c1-3-22(28)9-14(23)15-12(17(22)21(27)29-2)8-13-16(20(15)26)19(25)11-7-5-4-6-10(11)18(13)24/h4-8,14,17,23,26,28H,3,9H2,1-2H3/t14-,17+,22+/m1/s1. The summed E-state index contributed by atoms with van der Waals surface area (Å²) in [6.07, 6.45) is -1.40. The lowest BCUT2D eigenvalue weighted by molar-refractivity contribution is -0.153. The van der Waals surface area contributed by atoms with Crippen LogP contribution in [-0.4, -0.2) is 45.6 Å². The van der Waals surface area contributed by atoms with Crippen molar-refractivity contribution >= 4 is 17.5 Å². The van der Waals surface area contributed by atoms with Crippen molar-refractivity contribution < 1.29 is 34.4 Å². The molecule has 2 aliphatic carbocycles. The minimum Gasteiger partial charge on any atom is -0.507 e. The van der Waals surface area contributed by atoms with Gasteiger partial charge in [-0.25, -0.2) is 0 Å². The molecule has 0 unspecified atom stereocenters. The lowest BCUT2D eigenvalue weighted by atomic mass is 9.67. The molecule has 29 heavy (non-hydrogen) atoms. The average molecular weight is 396 g/mol. The van der Waals surface area contributed by atoms with E-state index in [2.05, 4.69) is 0 Å². The fraction of sp³-hybridized carbons (Fsp3) is 0.318. The van der Waals surface area contributed by atoms with Crippen LogP contribution in [0.5, 0.6) is 5.75 Å². The first-order valence-corrected chi connectivity index (χ1v) is 9.31. The molecule has 0 saturated carbocycles. The average Bonchev–Trinajstić information content (AvgIpc) is 2.71. The summed E-state index contributed by atoms with van der Waals surface area (Å²) in [5.74, 6) is -3.51. The van der Waals surface area contributed by atoms with Gasteiger partial charge >= 0.3 is 5.97 Å². The first-order chi connectivity index (χ1) is 13.7. The van der Waals surface area contributed by atoms with Crippen molar-refractivity contribution in [1.82, 2.24) is 0 Å². The molecule has 0 heterocycles. The Bertz CT molecular complexity index is 1070. The van der Waals surface area contributed by atoms with Crippen molar-refractivity contribution in [3.8, 4) is 5.75 Å². The van der Waals surface area contributed by atoms with E-state index < -0.39 is 40.9 Å². The molecule has 0 amide bonds. The number of hydrogen-bond donors (Lipinski definition) is 3. The SMILES string of the molecule is CC[C@]1(O)C[C@@H](O)c2c(cc3c(c2O)C(=O)c2ccccc2C3=O)[C@H]1C(=O)OC. The van der Waals surface area contributed by atoms with E-state index in [4.69, 9.17) is 4.74 Å². The van der Waals surface area contributed by atoms with Gasteiger partial charge in [0, 0.05) is 28.7 Å². The second-order valence-electron chi connectivity index (χ2n) is 7.49. The summed E-state index contributed by atoms with van der Waals surface area (Å²) in [6, 6.07) is 7.59. The molecule has 0 radical (unpaired) electrons. The normalized spacial score (nSPS) is 25.1. The molecule has 0 aliphatic heterocycles. The zero-order valence-corrected chi connectivity index (χ0v) is 15.9. The van der Waals surface area contributed by atoms with E-state index in [9.17, 15) is 29.7 Å². The molecule has 3 atom stereocenters. The third kappa shape index (κ3) is 2.54. The van der Waals surface area contributed by atoms with Crippen LogP contribution in [0.4, 0.5) is 0 Å². The molecule has 7 nitrogen and oxygen atoms in total. The van der Waals surface area contributed by atoms with Gasteiger partial charge in [-0.05, 0) is 18.1 Å². The topological polar surface area (TPSA) is 121 Å². The van der Waals surface area contributed by atoms with E-state index in [-0.39, 0.29) is 46.2 Å². The van der Waals surface area contributed by atoms with Crippen molar-refractivity contribution in [2.24, 2.45) is 0 Å². The lowest BCUT2D eigenvalue weighted by Gasteiger charge is -2.42. The van der Waals surface area contributed by atoms with Gasteiger partial charge in [-0.15, -0.1) is 0 Å². The van der Waals surface area contributed by atoms with Gasteiger partial charge in [0.25, 0.3) is 0 Å². The van der Waals surface area contributed by atoms with Crippen LogP contribution in [0.25, 0.3) is 0 Å². The number of methoxy groups -OCH3 is 1. The number of fused-ring (bicyclic) bond motifs is 3. The van der Waals surface area contributed by atoms with E-state index in [1.807, 2.05) is 0 Å². The molecule has 0 aromatic heterocycles. The zero-order chi connectivity index (χ0) is 21.1. The Morgan fingerprint density at radius 2 is 1.79 bits per heavy atom. The fourth-order valence-corrected chi connectivity index (χ4v) is 4.52. The fourth-order valence-electron chi connectivity index (χ4n) is 4.52. The van der Waals surface area contributed by atoms with Crippen molar-refractivity contribution in [2.75, 3.05) is 7.11 Å². The summed E-state index contributed by atoms with van der Waals surface area (Å²) < 4.78 is 4.85. The predicted octanol–water partition coefficient (Wildman–Crippen LogP) is 2.00. The molecular weight excluding hydrogens is 376 g/mol. The molecule has 0 fully saturated rings. The number of carbonyl (C=O) groups is 3. The highest BCUT2D eigenvalue weighted by atomic mass is 16.5. The molecule has 150 valence electrons. The van der Waals surface area contributed by atoms with Gasteiger partial charge in [0.1, 0.15) is 11.7 Å². The number of ether oxygens (including phenoxy) is 1. The molecular formula is C22H20O7. The second kappa shape index (κ2) is 6.50. The van der Waals surface area contributed by atoms with E-state index in [1.165, 1.54) is 25.3 Å². The summed E-state index contributed by atoms with van der Waals surface area (Å²) in [7, 11) is 1.17. The first kappa shape index (κ1) is 19.3. The van der Waals surface area contributed by atoms with Gasteiger partial charge in [0.2, 0.25) is 0 Å². The summed E-state index contributed by atoms with van der Waals surface area (Å²) in [5, 5.41) is 32.6. The molecule has 3 N–H and O–H groups in total. The molecule has 0 spiro atoms. The monoisotopic (exact) mass is 396 g/mol. The first-order valence-electron chi connectivity index (χ1n) is 9.31. The maximum absolute atomic E-state index is 13.0. The summed E-state index contributed by atoms with van der Waals surface area (Å²) >= 11 is 0. The molecule has 4 rings (SSSR count). The summed E-state index contributed by atoms with van der Waals surface area (Å²) in [6.45, 7) is 1.66. The summed E-state index contributed by atoms with van der Waals surface area (Å²) in [4.78, 5) is 38.6. The Morgan fingerprint density at radius 3 is 2.38 bits per heavy atom. The number of benzene rings is 2. The molecule has 7 heteroatoms. The van der Waals surface area contributed by atoms with E-state index in [0.29, 0.717) is 0 Å². The highest BCUT2D eigenvalue weighted by Gasteiger charge is 2.51. The number of aliphatic hydroxyl groups excluding tert-OH is 1. The Morgan fingerprint density at radius 1 is 1.17 bits per heavy atom. The number of phenols is 1. The number of aliphatic hydroxyl groups is 2. The molecule has 0 saturated heterocycles. The van der Waals surface area contributed by atoms with Crippen LogP contribution in [0, 0.1) is 0 Å².